The Labute approximate surface area is 170 Å². The number of anilines is 2. The standard InChI is InChI=1S/C21H27N5O3/c1-16(27)23-17-6-7-20(29-2)19(13-17)24-21(28)15-26-11-9-25(10-12-26)14-18-5-3-4-8-22-18/h3-8,13H,9-12,14-15H2,1-2H3,(H,23,27)(H,24,28). The van der Waals surface area contributed by atoms with Crippen molar-refractivity contribution in [2.75, 3.05) is 50.5 Å². The fourth-order valence-electron chi connectivity index (χ4n) is 3.31. The number of carbonyl (C=O) groups excluding carboxylic acids is 2. The van der Waals surface area contributed by atoms with Gasteiger partial charge in [-0.15, -0.1) is 0 Å². The molecule has 8 heteroatoms. The summed E-state index contributed by atoms with van der Waals surface area (Å²) < 4.78 is 5.31. The molecule has 8 nitrogen and oxygen atoms in total. The second-order valence-corrected chi connectivity index (χ2v) is 7.02. The first-order valence-electron chi connectivity index (χ1n) is 9.63. The summed E-state index contributed by atoms with van der Waals surface area (Å²) in [6.45, 7) is 6.01. The molecule has 0 radical (unpaired) electrons. The third-order valence-electron chi connectivity index (χ3n) is 4.74. The van der Waals surface area contributed by atoms with E-state index in [2.05, 4.69) is 25.4 Å². The molecular formula is C21H27N5O3. The van der Waals surface area contributed by atoms with E-state index < -0.39 is 0 Å². The number of benzene rings is 1. The molecule has 0 saturated carbocycles. The molecule has 0 spiro atoms. The van der Waals surface area contributed by atoms with E-state index >= 15 is 0 Å². The third-order valence-corrected chi connectivity index (χ3v) is 4.74. The van der Waals surface area contributed by atoms with Crippen molar-refractivity contribution < 1.29 is 14.3 Å². The number of aromatic nitrogens is 1. The Morgan fingerprint density at radius 1 is 1.07 bits per heavy atom. The van der Waals surface area contributed by atoms with Crippen molar-refractivity contribution >= 4 is 23.2 Å². The van der Waals surface area contributed by atoms with Crippen molar-refractivity contribution in [1.29, 1.82) is 0 Å². The van der Waals surface area contributed by atoms with Crippen LogP contribution >= 0.6 is 0 Å². The number of pyridine rings is 1. The van der Waals surface area contributed by atoms with Crippen LogP contribution in [-0.2, 0) is 16.1 Å². The van der Waals surface area contributed by atoms with Crippen molar-refractivity contribution in [1.82, 2.24) is 14.8 Å². The molecule has 1 aromatic heterocycles. The topological polar surface area (TPSA) is 86.8 Å². The zero-order valence-electron chi connectivity index (χ0n) is 16.9. The minimum Gasteiger partial charge on any atom is -0.495 e. The van der Waals surface area contributed by atoms with Crippen LogP contribution in [0.25, 0.3) is 0 Å². The van der Waals surface area contributed by atoms with Crippen LogP contribution in [0.15, 0.2) is 42.6 Å². The van der Waals surface area contributed by atoms with E-state index in [1.165, 1.54) is 6.92 Å². The van der Waals surface area contributed by atoms with Gasteiger partial charge in [0.1, 0.15) is 5.75 Å². The van der Waals surface area contributed by atoms with Crippen LogP contribution in [0.3, 0.4) is 0 Å². The van der Waals surface area contributed by atoms with Crippen LogP contribution in [-0.4, -0.2) is 66.4 Å². The third kappa shape index (κ3) is 6.27. The Balaban J connectivity index is 1.50. The Kier molecular flexibility index (Phi) is 7.15. The Hall–Kier alpha value is -2.97. The van der Waals surface area contributed by atoms with Gasteiger partial charge in [-0.05, 0) is 30.3 Å². The Bertz CT molecular complexity index is 835. The van der Waals surface area contributed by atoms with E-state index in [1.54, 1.807) is 25.3 Å². The van der Waals surface area contributed by atoms with Gasteiger partial charge in [-0.1, -0.05) is 6.07 Å². The first-order chi connectivity index (χ1) is 14.0. The molecule has 1 fully saturated rings. The predicted molar refractivity (Wildman–Crippen MR) is 112 cm³/mol. The van der Waals surface area contributed by atoms with Crippen molar-refractivity contribution in [2.45, 2.75) is 13.5 Å². The molecule has 1 aliphatic heterocycles. The van der Waals surface area contributed by atoms with Gasteiger partial charge in [0.2, 0.25) is 11.8 Å². The predicted octanol–water partition coefficient (Wildman–Crippen LogP) is 1.80. The van der Waals surface area contributed by atoms with Crippen LogP contribution < -0.4 is 15.4 Å². The van der Waals surface area contributed by atoms with Crippen LogP contribution in [0.1, 0.15) is 12.6 Å². The Morgan fingerprint density at radius 3 is 2.48 bits per heavy atom. The number of ether oxygens (including phenoxy) is 1. The van der Waals surface area contributed by atoms with Gasteiger partial charge in [0.15, 0.2) is 0 Å². The molecule has 2 amide bonds. The quantitative estimate of drug-likeness (QED) is 0.741. The molecule has 2 N–H and O–H groups in total. The van der Waals surface area contributed by atoms with E-state index in [9.17, 15) is 9.59 Å². The van der Waals surface area contributed by atoms with Gasteiger partial charge < -0.3 is 15.4 Å². The molecule has 29 heavy (non-hydrogen) atoms. The zero-order valence-corrected chi connectivity index (χ0v) is 16.9. The number of carbonyl (C=O) groups is 2. The maximum Gasteiger partial charge on any atom is 0.238 e. The summed E-state index contributed by atoms with van der Waals surface area (Å²) in [5, 5.41) is 5.60. The van der Waals surface area contributed by atoms with Crippen molar-refractivity contribution in [3.05, 3.63) is 48.3 Å². The molecule has 0 unspecified atom stereocenters. The average Bonchev–Trinajstić information content (AvgIpc) is 2.70. The number of methoxy groups -OCH3 is 1. The molecule has 1 aromatic carbocycles. The monoisotopic (exact) mass is 397 g/mol. The van der Waals surface area contributed by atoms with E-state index in [0.29, 0.717) is 23.7 Å². The van der Waals surface area contributed by atoms with Gasteiger partial charge in [-0.2, -0.15) is 0 Å². The summed E-state index contributed by atoms with van der Waals surface area (Å²) >= 11 is 0. The van der Waals surface area contributed by atoms with Crippen molar-refractivity contribution in [3.8, 4) is 5.75 Å². The summed E-state index contributed by atoms with van der Waals surface area (Å²) in [5.74, 6) is 0.269. The first kappa shape index (κ1) is 20.8. The zero-order chi connectivity index (χ0) is 20.6. The molecule has 1 aliphatic rings. The molecule has 154 valence electrons. The second kappa shape index (κ2) is 9.99. The maximum absolute atomic E-state index is 12.5. The normalized spacial score (nSPS) is 15.0. The number of nitrogens with one attached hydrogen (secondary N) is 2. The van der Waals surface area contributed by atoms with Gasteiger partial charge in [-0.3, -0.25) is 24.4 Å². The minimum atomic E-state index is -0.170. The smallest absolute Gasteiger partial charge is 0.238 e. The number of hydrogen-bond donors (Lipinski definition) is 2. The number of piperazine rings is 1. The molecule has 0 aliphatic carbocycles. The van der Waals surface area contributed by atoms with E-state index in [1.807, 2.05) is 24.4 Å². The molecule has 2 heterocycles. The molecule has 3 rings (SSSR count). The number of amides is 2. The number of hydrogen-bond acceptors (Lipinski definition) is 6. The summed E-state index contributed by atoms with van der Waals surface area (Å²) in [5.41, 5.74) is 2.21. The first-order valence-corrected chi connectivity index (χ1v) is 9.63. The highest BCUT2D eigenvalue weighted by Crippen LogP contribution is 2.27. The van der Waals surface area contributed by atoms with Gasteiger partial charge >= 0.3 is 0 Å². The van der Waals surface area contributed by atoms with Crippen LogP contribution in [0.2, 0.25) is 0 Å². The molecule has 0 atom stereocenters. The molecule has 1 saturated heterocycles. The van der Waals surface area contributed by atoms with E-state index in [4.69, 9.17) is 4.74 Å². The summed E-state index contributed by atoms with van der Waals surface area (Å²) in [6, 6.07) is 11.1. The van der Waals surface area contributed by atoms with Gasteiger partial charge in [0.05, 0.1) is 25.0 Å². The van der Waals surface area contributed by atoms with Gasteiger partial charge in [0.25, 0.3) is 0 Å². The van der Waals surface area contributed by atoms with Crippen LogP contribution in [0, 0.1) is 0 Å². The SMILES string of the molecule is COc1ccc(NC(C)=O)cc1NC(=O)CN1CCN(Cc2ccccn2)CC1. The van der Waals surface area contributed by atoms with Crippen LogP contribution in [0.4, 0.5) is 11.4 Å². The fourth-order valence-corrected chi connectivity index (χ4v) is 3.31. The Morgan fingerprint density at radius 2 is 1.83 bits per heavy atom. The van der Waals surface area contributed by atoms with Crippen LogP contribution in [0.5, 0.6) is 5.75 Å². The summed E-state index contributed by atoms with van der Waals surface area (Å²) in [6.07, 6.45) is 1.81. The minimum absolute atomic E-state index is 0.110. The molecule has 0 bridgehead atoms. The largest absolute Gasteiger partial charge is 0.495 e. The lowest BCUT2D eigenvalue weighted by Crippen LogP contribution is -2.48. The fraction of sp³-hybridized carbons (Fsp3) is 0.381. The lowest BCUT2D eigenvalue weighted by molar-refractivity contribution is -0.117. The average molecular weight is 397 g/mol. The number of nitrogens with zero attached hydrogens (tertiary/aromatic N) is 3. The van der Waals surface area contributed by atoms with E-state index in [0.717, 1.165) is 38.4 Å². The maximum atomic E-state index is 12.5. The summed E-state index contributed by atoms with van der Waals surface area (Å²) in [7, 11) is 1.55. The molecule has 2 aromatic rings. The van der Waals surface area contributed by atoms with Gasteiger partial charge in [0, 0.05) is 51.5 Å². The number of rotatable bonds is 7. The second-order valence-electron chi connectivity index (χ2n) is 7.02. The highest BCUT2D eigenvalue weighted by molar-refractivity contribution is 5.95. The van der Waals surface area contributed by atoms with Gasteiger partial charge in [-0.25, -0.2) is 0 Å². The highest BCUT2D eigenvalue weighted by Gasteiger charge is 2.20. The summed E-state index contributed by atoms with van der Waals surface area (Å²) in [4.78, 5) is 32.6. The van der Waals surface area contributed by atoms with Crippen molar-refractivity contribution in [3.63, 3.8) is 0 Å². The van der Waals surface area contributed by atoms with E-state index in [-0.39, 0.29) is 11.8 Å². The van der Waals surface area contributed by atoms with Crippen molar-refractivity contribution in [2.24, 2.45) is 0 Å². The highest BCUT2D eigenvalue weighted by atomic mass is 16.5. The lowest BCUT2D eigenvalue weighted by Gasteiger charge is -2.34. The molecular weight excluding hydrogens is 370 g/mol. The lowest BCUT2D eigenvalue weighted by atomic mass is 10.2.